The van der Waals surface area contributed by atoms with Crippen LogP contribution in [0.3, 0.4) is 0 Å². The predicted octanol–water partition coefficient (Wildman–Crippen LogP) is 5.02. The lowest BCUT2D eigenvalue weighted by atomic mass is 9.96. The maximum atomic E-state index is 13.1. The van der Waals surface area contributed by atoms with Gasteiger partial charge in [0.2, 0.25) is 0 Å². The van der Waals surface area contributed by atoms with Gasteiger partial charge in [-0.25, -0.2) is 0 Å². The van der Waals surface area contributed by atoms with Crippen LogP contribution in [0.5, 0.6) is 5.75 Å². The van der Waals surface area contributed by atoms with Gasteiger partial charge in [-0.3, -0.25) is 9.69 Å². The summed E-state index contributed by atoms with van der Waals surface area (Å²) in [5, 5.41) is 0. The second-order valence-corrected chi connectivity index (χ2v) is 8.25. The van der Waals surface area contributed by atoms with Crippen molar-refractivity contribution in [1.82, 2.24) is 9.80 Å². The fraction of sp³-hybridized carbons (Fsp3) is 0.296. The van der Waals surface area contributed by atoms with Crippen LogP contribution in [0.1, 0.15) is 41.4 Å². The van der Waals surface area contributed by atoms with E-state index < -0.39 is 0 Å². The first-order valence-corrected chi connectivity index (χ1v) is 11.0. The van der Waals surface area contributed by atoms with Crippen LogP contribution in [0.25, 0.3) is 0 Å². The number of ether oxygens (including phenoxy) is 1. The molecular weight excluding hydrogens is 384 g/mol. The highest BCUT2D eigenvalue weighted by molar-refractivity contribution is 5.94. The van der Waals surface area contributed by atoms with Gasteiger partial charge < -0.3 is 9.64 Å². The molecule has 0 spiro atoms. The molecule has 1 aliphatic heterocycles. The number of nitrogens with zero attached hydrogens (tertiary/aromatic N) is 2. The van der Waals surface area contributed by atoms with Gasteiger partial charge >= 0.3 is 0 Å². The fourth-order valence-corrected chi connectivity index (χ4v) is 4.23. The first-order chi connectivity index (χ1) is 15.1. The molecular formula is C27H30N2O2. The molecule has 0 radical (unpaired) electrons. The van der Waals surface area contributed by atoms with E-state index in [1.807, 2.05) is 43.0 Å². The zero-order chi connectivity index (χ0) is 21.6. The molecule has 0 saturated carbocycles. The predicted molar refractivity (Wildman–Crippen MR) is 124 cm³/mol. The molecule has 1 aliphatic rings. The number of hydrogen-bond acceptors (Lipinski definition) is 3. The van der Waals surface area contributed by atoms with Gasteiger partial charge in [0.1, 0.15) is 5.75 Å². The molecule has 1 heterocycles. The first-order valence-electron chi connectivity index (χ1n) is 11.0. The summed E-state index contributed by atoms with van der Waals surface area (Å²) in [6, 6.07) is 29.0. The largest absolute Gasteiger partial charge is 0.491 e. The summed E-state index contributed by atoms with van der Waals surface area (Å²) in [4.78, 5) is 17.5. The van der Waals surface area contributed by atoms with E-state index in [1.54, 1.807) is 0 Å². The molecule has 1 amide bonds. The van der Waals surface area contributed by atoms with Gasteiger partial charge in [-0.15, -0.1) is 0 Å². The van der Waals surface area contributed by atoms with Gasteiger partial charge in [-0.2, -0.15) is 0 Å². The van der Waals surface area contributed by atoms with Crippen LogP contribution >= 0.6 is 0 Å². The zero-order valence-corrected chi connectivity index (χ0v) is 18.3. The molecule has 4 rings (SSSR count). The molecule has 4 heteroatoms. The Kier molecular flexibility index (Phi) is 6.68. The van der Waals surface area contributed by atoms with E-state index in [9.17, 15) is 4.79 Å². The highest BCUT2D eigenvalue weighted by Gasteiger charge is 2.28. The first kappa shape index (κ1) is 21.1. The number of benzene rings is 3. The number of piperazine rings is 1. The maximum absolute atomic E-state index is 13.1. The second kappa shape index (κ2) is 9.80. The van der Waals surface area contributed by atoms with E-state index in [0.717, 1.165) is 18.8 Å². The third-order valence-electron chi connectivity index (χ3n) is 5.65. The van der Waals surface area contributed by atoms with Crippen molar-refractivity contribution in [3.8, 4) is 5.75 Å². The monoisotopic (exact) mass is 414 g/mol. The summed E-state index contributed by atoms with van der Waals surface area (Å²) in [5.74, 6) is 0.817. The van der Waals surface area contributed by atoms with Crippen molar-refractivity contribution in [2.75, 3.05) is 26.2 Å². The van der Waals surface area contributed by atoms with Crippen LogP contribution < -0.4 is 4.74 Å². The summed E-state index contributed by atoms with van der Waals surface area (Å²) in [6.07, 6.45) is 0.0850. The summed E-state index contributed by atoms with van der Waals surface area (Å²) in [5.41, 5.74) is 3.26. The van der Waals surface area contributed by atoms with Crippen molar-refractivity contribution in [2.24, 2.45) is 0 Å². The van der Waals surface area contributed by atoms with E-state index in [4.69, 9.17) is 4.74 Å². The van der Waals surface area contributed by atoms with E-state index in [2.05, 4.69) is 65.6 Å². The minimum atomic E-state index is 0.0739. The summed E-state index contributed by atoms with van der Waals surface area (Å²) < 4.78 is 5.76. The standard InChI is InChI=1S/C27H30N2O2/c1-21(2)31-25-15-9-14-24(20-25)27(30)29-18-16-28(17-19-29)26(22-10-5-3-6-11-22)23-12-7-4-8-13-23/h3-15,20-21,26H,16-19H2,1-2H3. The number of amides is 1. The maximum Gasteiger partial charge on any atom is 0.254 e. The Bertz CT molecular complexity index is 941. The number of carbonyl (C=O) groups is 1. The van der Waals surface area contributed by atoms with Crippen molar-refractivity contribution < 1.29 is 9.53 Å². The second-order valence-electron chi connectivity index (χ2n) is 8.25. The minimum Gasteiger partial charge on any atom is -0.491 e. The molecule has 0 N–H and O–H groups in total. The van der Waals surface area contributed by atoms with E-state index in [1.165, 1.54) is 11.1 Å². The van der Waals surface area contributed by atoms with Crippen LogP contribution in [0.4, 0.5) is 0 Å². The zero-order valence-electron chi connectivity index (χ0n) is 18.3. The van der Waals surface area contributed by atoms with Crippen LogP contribution in [-0.4, -0.2) is 48.0 Å². The number of hydrogen-bond donors (Lipinski definition) is 0. The Morgan fingerprint density at radius 2 is 1.35 bits per heavy atom. The molecule has 3 aromatic carbocycles. The van der Waals surface area contributed by atoms with E-state index in [0.29, 0.717) is 18.7 Å². The molecule has 0 bridgehead atoms. The average molecular weight is 415 g/mol. The normalized spacial score (nSPS) is 14.8. The van der Waals surface area contributed by atoms with Gasteiger partial charge in [0.05, 0.1) is 12.1 Å². The SMILES string of the molecule is CC(C)Oc1cccc(C(=O)N2CCN(C(c3ccccc3)c3ccccc3)CC2)c1. The number of carbonyl (C=O) groups excluding carboxylic acids is 1. The molecule has 3 aromatic rings. The number of rotatable bonds is 6. The van der Waals surface area contributed by atoms with E-state index >= 15 is 0 Å². The Morgan fingerprint density at radius 3 is 1.90 bits per heavy atom. The van der Waals surface area contributed by atoms with Gasteiger partial charge in [-0.05, 0) is 43.2 Å². The molecule has 31 heavy (non-hydrogen) atoms. The summed E-state index contributed by atoms with van der Waals surface area (Å²) in [6.45, 7) is 7.08. The molecule has 4 nitrogen and oxygen atoms in total. The molecule has 1 fully saturated rings. The van der Waals surface area contributed by atoms with Crippen molar-refractivity contribution in [3.05, 3.63) is 102 Å². The third kappa shape index (κ3) is 5.15. The Morgan fingerprint density at radius 1 is 0.774 bits per heavy atom. The van der Waals surface area contributed by atoms with E-state index in [-0.39, 0.29) is 18.1 Å². The Labute approximate surface area is 185 Å². The highest BCUT2D eigenvalue weighted by atomic mass is 16.5. The molecule has 0 atom stereocenters. The Balaban J connectivity index is 1.47. The van der Waals surface area contributed by atoms with Gasteiger partial charge in [0.15, 0.2) is 0 Å². The summed E-state index contributed by atoms with van der Waals surface area (Å²) in [7, 11) is 0. The van der Waals surface area contributed by atoms with Crippen LogP contribution in [0, 0.1) is 0 Å². The van der Waals surface area contributed by atoms with Gasteiger partial charge in [-0.1, -0.05) is 66.7 Å². The molecule has 160 valence electrons. The third-order valence-corrected chi connectivity index (χ3v) is 5.65. The smallest absolute Gasteiger partial charge is 0.254 e. The lowest BCUT2D eigenvalue weighted by Crippen LogP contribution is -2.49. The quantitative estimate of drug-likeness (QED) is 0.568. The van der Waals surface area contributed by atoms with Gasteiger partial charge in [0, 0.05) is 31.7 Å². The van der Waals surface area contributed by atoms with Crippen molar-refractivity contribution in [3.63, 3.8) is 0 Å². The lowest BCUT2D eigenvalue weighted by molar-refractivity contribution is 0.0596. The lowest BCUT2D eigenvalue weighted by Gasteiger charge is -2.39. The minimum absolute atomic E-state index is 0.0739. The highest BCUT2D eigenvalue weighted by Crippen LogP contribution is 2.29. The topological polar surface area (TPSA) is 32.8 Å². The molecule has 0 aliphatic carbocycles. The summed E-state index contributed by atoms with van der Waals surface area (Å²) >= 11 is 0. The van der Waals surface area contributed by atoms with Crippen molar-refractivity contribution in [1.29, 1.82) is 0 Å². The Hall–Kier alpha value is -3.11. The van der Waals surface area contributed by atoms with Crippen LogP contribution in [-0.2, 0) is 0 Å². The molecule has 0 unspecified atom stereocenters. The van der Waals surface area contributed by atoms with Gasteiger partial charge in [0.25, 0.3) is 5.91 Å². The van der Waals surface area contributed by atoms with Crippen molar-refractivity contribution in [2.45, 2.75) is 26.0 Å². The molecule has 0 aromatic heterocycles. The average Bonchev–Trinajstić information content (AvgIpc) is 2.80. The fourth-order valence-electron chi connectivity index (χ4n) is 4.23. The molecule has 1 saturated heterocycles. The van der Waals surface area contributed by atoms with Crippen LogP contribution in [0.2, 0.25) is 0 Å². The van der Waals surface area contributed by atoms with Crippen LogP contribution in [0.15, 0.2) is 84.9 Å². The van der Waals surface area contributed by atoms with Crippen molar-refractivity contribution >= 4 is 5.91 Å².